The maximum absolute atomic E-state index is 4.04. The van der Waals surface area contributed by atoms with Gasteiger partial charge in [0.2, 0.25) is 0 Å². The second-order valence-electron chi connectivity index (χ2n) is 7.63. The number of anilines is 2. The van der Waals surface area contributed by atoms with Crippen LogP contribution in [0.25, 0.3) is 11.1 Å². The van der Waals surface area contributed by atoms with E-state index < -0.39 is 0 Å². The van der Waals surface area contributed by atoms with Gasteiger partial charge in [0.1, 0.15) is 0 Å². The largest absolute Gasteiger partial charge is 0.344 e. The molecule has 2 aromatic rings. The van der Waals surface area contributed by atoms with Gasteiger partial charge < -0.3 is 4.90 Å². The zero-order chi connectivity index (χ0) is 22.1. The van der Waals surface area contributed by atoms with E-state index in [1.807, 2.05) is 13.0 Å². The van der Waals surface area contributed by atoms with E-state index in [0.29, 0.717) is 0 Å². The van der Waals surface area contributed by atoms with Crippen LogP contribution in [0, 0.1) is 0 Å². The smallest absolute Gasteiger partial charge is 0.0487 e. The maximum Gasteiger partial charge on any atom is 0.0487 e. The van der Waals surface area contributed by atoms with Crippen LogP contribution in [-0.4, -0.2) is 7.05 Å². The lowest BCUT2D eigenvalue weighted by Gasteiger charge is -2.23. The third kappa shape index (κ3) is 6.09. The van der Waals surface area contributed by atoms with Crippen molar-refractivity contribution in [2.75, 3.05) is 11.9 Å². The Morgan fingerprint density at radius 1 is 0.900 bits per heavy atom. The van der Waals surface area contributed by atoms with E-state index in [0.717, 1.165) is 16.9 Å². The molecule has 30 heavy (non-hydrogen) atoms. The van der Waals surface area contributed by atoms with Crippen molar-refractivity contribution in [3.8, 4) is 0 Å². The van der Waals surface area contributed by atoms with Crippen LogP contribution < -0.4 is 4.90 Å². The molecule has 0 aliphatic carbocycles. The van der Waals surface area contributed by atoms with E-state index in [1.54, 1.807) is 6.08 Å². The number of nitrogens with zero attached hydrogens (tertiary/aromatic N) is 1. The van der Waals surface area contributed by atoms with Gasteiger partial charge in [-0.05, 0) is 62.6 Å². The van der Waals surface area contributed by atoms with Crippen molar-refractivity contribution >= 4 is 22.5 Å². The highest BCUT2D eigenvalue weighted by molar-refractivity contribution is 5.85. The second-order valence-corrected chi connectivity index (χ2v) is 7.63. The fraction of sp³-hybridized carbons (Fsp3) is 0.172. The Balaban J connectivity index is 2.43. The first kappa shape index (κ1) is 23.0. The van der Waals surface area contributed by atoms with Gasteiger partial charge in [0.25, 0.3) is 0 Å². The third-order valence-electron chi connectivity index (χ3n) is 4.73. The Bertz CT molecular complexity index is 1010. The Hall–Kier alpha value is -3.32. The number of para-hydroxylation sites is 1. The quantitative estimate of drug-likeness (QED) is 0.405. The molecule has 0 atom stereocenters. The highest BCUT2D eigenvalue weighted by Crippen LogP contribution is 2.33. The van der Waals surface area contributed by atoms with Gasteiger partial charge in [-0.2, -0.15) is 0 Å². The fourth-order valence-corrected chi connectivity index (χ4v) is 3.32. The molecular weight excluding hydrogens is 362 g/mol. The van der Waals surface area contributed by atoms with E-state index in [1.165, 1.54) is 27.8 Å². The molecule has 154 valence electrons. The molecular formula is C29H33N. The van der Waals surface area contributed by atoms with E-state index in [9.17, 15) is 0 Å². The van der Waals surface area contributed by atoms with Crippen LogP contribution in [0.5, 0.6) is 0 Å². The van der Waals surface area contributed by atoms with Gasteiger partial charge in [-0.1, -0.05) is 91.1 Å². The molecule has 0 aliphatic rings. The summed E-state index contributed by atoms with van der Waals surface area (Å²) in [4.78, 5) is 2.23. The molecule has 0 aliphatic heterocycles. The molecule has 0 heterocycles. The van der Waals surface area contributed by atoms with E-state index in [-0.39, 0.29) is 0 Å². The standard InChI is InChI=1S/C29H33N/c1-8-10-13-24(9-2)28-14-11-12-15-29(28)30(7)27-18-16-25(17-19-27)26(20-22(3)4)21-23(5)6/h8-21H,1,3H2,2,4-7H3/b13-10-,24-9+,26-20+. The number of rotatable bonds is 8. The monoisotopic (exact) mass is 395 g/mol. The second kappa shape index (κ2) is 11.0. The molecule has 0 aromatic heterocycles. The van der Waals surface area contributed by atoms with Gasteiger partial charge in [0.15, 0.2) is 0 Å². The highest BCUT2D eigenvalue weighted by atomic mass is 15.1. The van der Waals surface area contributed by atoms with E-state index >= 15 is 0 Å². The third-order valence-corrected chi connectivity index (χ3v) is 4.73. The Labute approximate surface area is 182 Å². The predicted molar refractivity (Wildman–Crippen MR) is 136 cm³/mol. The summed E-state index contributed by atoms with van der Waals surface area (Å²) >= 11 is 0. The van der Waals surface area contributed by atoms with E-state index in [2.05, 4.69) is 119 Å². The maximum atomic E-state index is 4.04. The summed E-state index contributed by atoms with van der Waals surface area (Å²) in [5, 5.41) is 0. The highest BCUT2D eigenvalue weighted by Gasteiger charge is 2.11. The summed E-state index contributed by atoms with van der Waals surface area (Å²) in [6.07, 6.45) is 12.3. The average molecular weight is 396 g/mol. The molecule has 0 spiro atoms. The minimum absolute atomic E-state index is 1.05. The molecule has 0 saturated heterocycles. The first-order valence-corrected chi connectivity index (χ1v) is 10.3. The lowest BCUT2D eigenvalue weighted by molar-refractivity contribution is 1.20. The van der Waals surface area contributed by atoms with Gasteiger partial charge in [-0.15, -0.1) is 0 Å². The first-order chi connectivity index (χ1) is 14.4. The van der Waals surface area contributed by atoms with Crippen LogP contribution in [0.15, 0.2) is 109 Å². The molecule has 0 saturated carbocycles. The van der Waals surface area contributed by atoms with Crippen LogP contribution >= 0.6 is 0 Å². The van der Waals surface area contributed by atoms with Crippen molar-refractivity contribution in [1.29, 1.82) is 0 Å². The zero-order valence-corrected chi connectivity index (χ0v) is 18.9. The van der Waals surface area contributed by atoms with Crippen LogP contribution in [0.1, 0.15) is 38.8 Å². The minimum atomic E-state index is 1.05. The van der Waals surface area contributed by atoms with Gasteiger partial charge >= 0.3 is 0 Å². The number of allylic oxidation sites excluding steroid dienone is 10. The van der Waals surface area contributed by atoms with Crippen molar-refractivity contribution in [2.45, 2.75) is 27.7 Å². The Morgan fingerprint density at radius 2 is 1.57 bits per heavy atom. The van der Waals surface area contributed by atoms with Crippen molar-refractivity contribution in [1.82, 2.24) is 0 Å². The number of hydrogen-bond donors (Lipinski definition) is 0. The van der Waals surface area contributed by atoms with Crippen molar-refractivity contribution in [3.63, 3.8) is 0 Å². The fourth-order valence-electron chi connectivity index (χ4n) is 3.32. The van der Waals surface area contributed by atoms with Gasteiger partial charge in [-0.25, -0.2) is 0 Å². The Kier molecular flexibility index (Phi) is 8.43. The molecule has 0 fully saturated rings. The summed E-state index contributed by atoms with van der Waals surface area (Å²) < 4.78 is 0. The molecule has 0 radical (unpaired) electrons. The summed E-state index contributed by atoms with van der Waals surface area (Å²) in [6, 6.07) is 17.2. The molecule has 0 bridgehead atoms. The van der Waals surface area contributed by atoms with Gasteiger partial charge in [-0.3, -0.25) is 0 Å². The SMILES string of the molecule is C=C/C=C\C(=C/C)c1ccccc1N(C)c1ccc(/C(C=C(C)C)=C/C(=C)C)cc1. The average Bonchev–Trinajstić information content (AvgIpc) is 2.73. The van der Waals surface area contributed by atoms with Crippen molar-refractivity contribution in [3.05, 3.63) is 120 Å². The lowest BCUT2D eigenvalue weighted by atomic mass is 10.00. The van der Waals surface area contributed by atoms with Gasteiger partial charge in [0, 0.05) is 24.0 Å². The van der Waals surface area contributed by atoms with E-state index in [4.69, 9.17) is 0 Å². The summed E-state index contributed by atoms with van der Waals surface area (Å²) in [6.45, 7) is 16.1. The van der Waals surface area contributed by atoms with Crippen LogP contribution in [0.3, 0.4) is 0 Å². The molecule has 1 nitrogen and oxygen atoms in total. The first-order valence-electron chi connectivity index (χ1n) is 10.3. The summed E-state index contributed by atoms with van der Waals surface area (Å²) in [5.41, 5.74) is 9.35. The molecule has 0 amide bonds. The summed E-state index contributed by atoms with van der Waals surface area (Å²) in [7, 11) is 2.11. The topological polar surface area (TPSA) is 3.24 Å². The molecule has 2 aromatic carbocycles. The molecule has 2 rings (SSSR count). The lowest BCUT2D eigenvalue weighted by Crippen LogP contribution is -2.11. The number of hydrogen-bond acceptors (Lipinski definition) is 1. The van der Waals surface area contributed by atoms with Crippen LogP contribution in [-0.2, 0) is 0 Å². The molecule has 0 unspecified atom stereocenters. The zero-order valence-electron chi connectivity index (χ0n) is 18.9. The predicted octanol–water partition coefficient (Wildman–Crippen LogP) is 8.53. The minimum Gasteiger partial charge on any atom is -0.344 e. The number of benzene rings is 2. The van der Waals surface area contributed by atoms with Crippen LogP contribution in [0.2, 0.25) is 0 Å². The van der Waals surface area contributed by atoms with Crippen molar-refractivity contribution < 1.29 is 0 Å². The van der Waals surface area contributed by atoms with Gasteiger partial charge in [0.05, 0.1) is 0 Å². The molecule has 0 N–H and O–H groups in total. The van der Waals surface area contributed by atoms with Crippen molar-refractivity contribution in [2.24, 2.45) is 0 Å². The van der Waals surface area contributed by atoms with Crippen LogP contribution in [0.4, 0.5) is 11.4 Å². The Morgan fingerprint density at radius 3 is 2.13 bits per heavy atom. The normalized spacial score (nSPS) is 12.0. The summed E-state index contributed by atoms with van der Waals surface area (Å²) in [5.74, 6) is 0. The molecule has 1 heteroatoms.